The average Bonchev–Trinajstić information content (AvgIpc) is 3.39. The van der Waals surface area contributed by atoms with E-state index in [4.69, 9.17) is 10.5 Å². The predicted octanol–water partition coefficient (Wildman–Crippen LogP) is 8.24. The van der Waals surface area contributed by atoms with Gasteiger partial charge in [0.1, 0.15) is 6.10 Å². The molecule has 0 aliphatic heterocycles. The van der Waals surface area contributed by atoms with Gasteiger partial charge in [-0.05, 0) is 122 Å². The second-order valence-electron chi connectivity index (χ2n) is 22.2. The van der Waals surface area contributed by atoms with Crippen molar-refractivity contribution in [2.75, 3.05) is 13.1 Å². The van der Waals surface area contributed by atoms with E-state index in [-0.39, 0.29) is 62.8 Å². The number of fused-ring (bicyclic) bond motifs is 7. The molecule has 8 nitrogen and oxygen atoms in total. The Morgan fingerprint density at radius 3 is 2.15 bits per heavy atom. The molecule has 0 saturated heterocycles. The minimum Gasteiger partial charge on any atom is -0.481 e. The van der Waals surface area contributed by atoms with Gasteiger partial charge in [0, 0.05) is 35.9 Å². The van der Waals surface area contributed by atoms with Gasteiger partial charge in [0.2, 0.25) is 0 Å². The van der Waals surface area contributed by atoms with Crippen molar-refractivity contribution in [2.24, 2.45) is 73.7 Å². The van der Waals surface area contributed by atoms with Crippen LogP contribution < -0.4 is 11.1 Å². The van der Waals surface area contributed by atoms with Crippen LogP contribution in [0.15, 0.2) is 11.1 Å². The number of Topliss-reactive ketones (excluding diaryl/α,β-unsaturated/α-hetero) is 1. The molecule has 7 aliphatic carbocycles. The van der Waals surface area contributed by atoms with Gasteiger partial charge in [0.15, 0.2) is 5.78 Å². The molecule has 8 heteroatoms. The molecule has 6 fully saturated rings. The highest BCUT2D eigenvalue weighted by Crippen LogP contribution is 2.77. The molecule has 0 spiro atoms. The maximum Gasteiger partial charge on any atom is 0.309 e. The van der Waals surface area contributed by atoms with Crippen molar-refractivity contribution in [2.45, 2.75) is 176 Å². The first kappa shape index (κ1) is 40.4. The van der Waals surface area contributed by atoms with Gasteiger partial charge in [0.05, 0.1) is 17.9 Å². The number of nitrogens with one attached hydrogen (secondary N) is 1. The minimum atomic E-state index is -0.825. The van der Waals surface area contributed by atoms with Crippen LogP contribution in [0.25, 0.3) is 0 Å². The van der Waals surface area contributed by atoms with E-state index in [1.54, 1.807) is 0 Å². The lowest BCUT2D eigenvalue weighted by Gasteiger charge is -2.72. The molecule has 54 heavy (non-hydrogen) atoms. The molecule has 304 valence electrons. The number of hydrogen-bond donors (Lipinski definition) is 4. The highest BCUT2D eigenvalue weighted by molar-refractivity contribution is 6.00. The summed E-state index contributed by atoms with van der Waals surface area (Å²) in [6.45, 7) is 21.7. The predicted molar refractivity (Wildman–Crippen MR) is 211 cm³/mol. The Labute approximate surface area is 326 Å². The van der Waals surface area contributed by atoms with Crippen molar-refractivity contribution in [1.82, 2.24) is 5.32 Å². The van der Waals surface area contributed by atoms with E-state index in [0.29, 0.717) is 37.8 Å². The van der Waals surface area contributed by atoms with Crippen LogP contribution in [0.3, 0.4) is 0 Å². The third-order valence-electron chi connectivity index (χ3n) is 18.8. The number of aliphatic carboxylic acids is 1. The standard InChI is InChI=1S/C46H74N2O6/c1-27(2)36-31(49)24-46(34(50)25-48-26-45(47)17-11-10-12-18-45)22-21-43(8)28(37(36)46)13-14-33-42(7)19-16-35(41(5,6)32(42)15-20-44(33,43)9)54-39(53)30-23-29(38(51)52)40(30,3)4/h27-30,32-35,48,50H,10-26,47H2,1-9H3,(H,51,52)/t28-,29+,30-,32+,33-,34+,35+,42+,43-,44-,46+/m1/s1. The molecular formula is C46H74N2O6. The van der Waals surface area contributed by atoms with E-state index in [0.717, 1.165) is 69.8 Å². The molecule has 0 aromatic heterocycles. The van der Waals surface area contributed by atoms with E-state index < -0.39 is 28.8 Å². The monoisotopic (exact) mass is 751 g/mol. The third-order valence-corrected chi connectivity index (χ3v) is 18.8. The number of ether oxygens (including phenoxy) is 1. The van der Waals surface area contributed by atoms with Gasteiger partial charge in [0.25, 0.3) is 0 Å². The van der Waals surface area contributed by atoms with Gasteiger partial charge in [-0.25, -0.2) is 0 Å². The van der Waals surface area contributed by atoms with Crippen LogP contribution in [-0.2, 0) is 19.1 Å². The largest absolute Gasteiger partial charge is 0.481 e. The lowest BCUT2D eigenvalue weighted by molar-refractivity contribution is -0.238. The Morgan fingerprint density at radius 2 is 1.52 bits per heavy atom. The topological polar surface area (TPSA) is 139 Å². The quantitative estimate of drug-likeness (QED) is 0.173. The van der Waals surface area contributed by atoms with Gasteiger partial charge in [-0.2, -0.15) is 0 Å². The van der Waals surface area contributed by atoms with E-state index in [1.807, 2.05) is 13.8 Å². The number of nitrogens with two attached hydrogens (primary N) is 1. The van der Waals surface area contributed by atoms with Crippen LogP contribution in [0.5, 0.6) is 0 Å². The Balaban J connectivity index is 1.12. The summed E-state index contributed by atoms with van der Waals surface area (Å²) < 4.78 is 6.42. The minimum absolute atomic E-state index is 0.00793. The maximum atomic E-state index is 14.1. The molecular weight excluding hydrogens is 677 g/mol. The number of ketones is 1. The van der Waals surface area contributed by atoms with Crippen molar-refractivity contribution >= 4 is 17.7 Å². The zero-order valence-electron chi connectivity index (χ0n) is 35.2. The highest BCUT2D eigenvalue weighted by atomic mass is 16.5. The van der Waals surface area contributed by atoms with E-state index >= 15 is 0 Å². The third kappa shape index (κ3) is 5.77. The molecule has 0 amide bonds. The fourth-order valence-corrected chi connectivity index (χ4v) is 15.3. The molecule has 0 aromatic carbocycles. The number of carboxylic acid groups (broad SMARTS) is 1. The molecule has 0 aromatic rings. The number of hydrogen-bond acceptors (Lipinski definition) is 7. The summed E-state index contributed by atoms with van der Waals surface area (Å²) in [7, 11) is 0. The van der Waals surface area contributed by atoms with Crippen molar-refractivity contribution in [1.29, 1.82) is 0 Å². The zero-order chi connectivity index (χ0) is 39.4. The lowest BCUT2D eigenvalue weighted by atomic mass is 9.33. The van der Waals surface area contributed by atoms with Crippen molar-refractivity contribution < 1.29 is 29.3 Å². The van der Waals surface area contributed by atoms with Crippen LogP contribution in [0.1, 0.15) is 159 Å². The van der Waals surface area contributed by atoms with Crippen LogP contribution in [0.2, 0.25) is 0 Å². The first-order valence-corrected chi connectivity index (χ1v) is 22.0. The Morgan fingerprint density at radius 1 is 0.833 bits per heavy atom. The Hall–Kier alpha value is -1.77. The summed E-state index contributed by atoms with van der Waals surface area (Å²) in [6, 6.07) is 0. The number of carbonyl (C=O) groups excluding carboxylic acids is 2. The Bertz CT molecular complexity index is 1560. The number of rotatable bonds is 9. The summed E-state index contributed by atoms with van der Waals surface area (Å²) in [4.78, 5) is 39.5. The zero-order valence-corrected chi connectivity index (χ0v) is 35.2. The highest BCUT2D eigenvalue weighted by Gasteiger charge is 2.71. The second kappa shape index (κ2) is 13.4. The summed E-state index contributed by atoms with van der Waals surface area (Å²) in [5, 5.41) is 25.5. The van der Waals surface area contributed by atoms with Gasteiger partial charge in [-0.15, -0.1) is 0 Å². The SMILES string of the molecule is CC(C)C1=C2[C@H]3CC[C@@H]4[C@@]5(C)CC[C@H](OC(=O)[C@H]6C[C@@H](C(=O)O)C6(C)C)C(C)(C)[C@@H]5CC[C@@]4(C)[C@]3(C)CC[C@@]2([C@@H](O)CNCC2(N)CCCCC2)CC1=O. The molecule has 0 bridgehead atoms. The normalized spacial score (nSPS) is 44.0. The second-order valence-corrected chi connectivity index (χ2v) is 22.2. The summed E-state index contributed by atoms with van der Waals surface area (Å²) in [5.74, 6) is -0.342. The number of esters is 1. The molecule has 7 aliphatic rings. The van der Waals surface area contributed by atoms with Crippen molar-refractivity contribution in [3.63, 3.8) is 0 Å². The molecule has 11 atom stereocenters. The van der Waals surface area contributed by atoms with Crippen LogP contribution in [-0.4, -0.2) is 58.8 Å². The number of allylic oxidation sites excluding steroid dienone is 1. The molecule has 0 radical (unpaired) electrons. The van der Waals surface area contributed by atoms with Crippen molar-refractivity contribution in [3.8, 4) is 0 Å². The molecule has 0 unspecified atom stereocenters. The van der Waals surface area contributed by atoms with Gasteiger partial charge < -0.3 is 26.0 Å². The first-order valence-electron chi connectivity index (χ1n) is 22.0. The van der Waals surface area contributed by atoms with Gasteiger partial charge in [-0.1, -0.05) is 87.1 Å². The lowest BCUT2D eigenvalue weighted by Crippen LogP contribution is -2.66. The van der Waals surface area contributed by atoms with Crippen LogP contribution in [0, 0.1) is 68.0 Å². The molecule has 7 rings (SSSR count). The number of aliphatic hydroxyl groups excluding tert-OH is 1. The number of carbonyl (C=O) groups is 3. The van der Waals surface area contributed by atoms with Crippen molar-refractivity contribution in [3.05, 3.63) is 11.1 Å². The maximum absolute atomic E-state index is 14.1. The fraction of sp³-hybridized carbons (Fsp3) is 0.891. The smallest absolute Gasteiger partial charge is 0.309 e. The summed E-state index contributed by atoms with van der Waals surface area (Å²) in [5.41, 5.74) is 7.79. The van der Waals surface area contributed by atoms with Gasteiger partial charge >= 0.3 is 11.9 Å². The van der Waals surface area contributed by atoms with Gasteiger partial charge in [-0.3, -0.25) is 14.4 Å². The van der Waals surface area contributed by atoms with E-state index in [1.165, 1.54) is 24.8 Å². The average molecular weight is 751 g/mol. The van der Waals surface area contributed by atoms with Crippen LogP contribution in [0.4, 0.5) is 0 Å². The molecule has 5 N–H and O–H groups in total. The van der Waals surface area contributed by atoms with Crippen LogP contribution >= 0.6 is 0 Å². The number of carboxylic acids is 1. The summed E-state index contributed by atoms with van der Waals surface area (Å²) in [6.07, 6.45) is 13.7. The first-order chi connectivity index (χ1) is 25.1. The Kier molecular flexibility index (Phi) is 10.0. The molecule has 6 saturated carbocycles. The van der Waals surface area contributed by atoms with E-state index in [9.17, 15) is 24.6 Å². The molecule has 0 heterocycles. The van der Waals surface area contributed by atoms with E-state index in [2.05, 4.69) is 53.8 Å². The fourth-order valence-electron chi connectivity index (χ4n) is 15.3. The number of aliphatic hydroxyl groups is 1. The summed E-state index contributed by atoms with van der Waals surface area (Å²) >= 11 is 0.